The van der Waals surface area contributed by atoms with Crippen molar-refractivity contribution in [1.82, 2.24) is 4.31 Å². The summed E-state index contributed by atoms with van der Waals surface area (Å²) < 4.78 is 28.3. The Kier molecular flexibility index (Phi) is 14.0. The first-order chi connectivity index (χ1) is 16.5. The van der Waals surface area contributed by atoms with Crippen LogP contribution < -0.4 is 5.73 Å². The molecular weight excluding hydrogens is 440 g/mol. The maximum Gasteiger partial charge on any atom is 0.243 e. The topological polar surface area (TPSA) is 63.4 Å². The fraction of sp³-hybridized carbons (Fsp3) is 0.586. The number of unbranched alkanes of at least 4 members (excludes halogenated alkanes) is 13. The predicted molar refractivity (Wildman–Crippen MR) is 145 cm³/mol. The zero-order valence-electron chi connectivity index (χ0n) is 21.3. The van der Waals surface area contributed by atoms with Crippen LogP contribution in [0.3, 0.4) is 0 Å². The number of nitrogens with zero attached hydrogens (tertiary/aromatic N) is 1. The summed E-state index contributed by atoms with van der Waals surface area (Å²) >= 11 is 0. The first-order valence-corrected chi connectivity index (χ1v) is 14.9. The van der Waals surface area contributed by atoms with Crippen LogP contribution in [0, 0.1) is 0 Å². The molecule has 2 N–H and O–H groups in total. The van der Waals surface area contributed by atoms with E-state index < -0.39 is 10.0 Å². The van der Waals surface area contributed by atoms with Crippen LogP contribution in [0.1, 0.15) is 102 Å². The Labute approximate surface area is 209 Å². The van der Waals surface area contributed by atoms with Crippen LogP contribution in [-0.2, 0) is 16.6 Å². The molecule has 0 aliphatic carbocycles. The van der Waals surface area contributed by atoms with E-state index in [0.717, 1.165) is 18.4 Å². The Balaban J connectivity index is 1.70. The average Bonchev–Trinajstić information content (AvgIpc) is 2.84. The molecule has 4 nitrogen and oxygen atoms in total. The molecule has 0 fully saturated rings. The number of benzene rings is 2. The van der Waals surface area contributed by atoms with Crippen molar-refractivity contribution in [2.75, 3.05) is 12.3 Å². The van der Waals surface area contributed by atoms with E-state index in [1.165, 1.54) is 77.0 Å². The highest BCUT2D eigenvalue weighted by Gasteiger charge is 2.24. The van der Waals surface area contributed by atoms with E-state index in [4.69, 9.17) is 5.73 Å². The average molecular weight is 487 g/mol. The van der Waals surface area contributed by atoms with Crippen molar-refractivity contribution in [2.24, 2.45) is 0 Å². The van der Waals surface area contributed by atoms with Gasteiger partial charge in [-0.15, -0.1) is 0 Å². The minimum Gasteiger partial charge on any atom is -0.399 e. The molecule has 0 heterocycles. The second-order valence-electron chi connectivity index (χ2n) is 9.49. The molecule has 190 valence electrons. The van der Waals surface area contributed by atoms with E-state index in [0.29, 0.717) is 18.8 Å². The largest absolute Gasteiger partial charge is 0.399 e. The third kappa shape index (κ3) is 11.1. The van der Waals surface area contributed by atoms with E-state index in [2.05, 4.69) is 6.92 Å². The lowest BCUT2D eigenvalue weighted by Gasteiger charge is -2.22. The van der Waals surface area contributed by atoms with Crippen LogP contribution in [0.5, 0.6) is 0 Å². The van der Waals surface area contributed by atoms with Crippen LogP contribution in [0.15, 0.2) is 59.5 Å². The van der Waals surface area contributed by atoms with Crippen LogP contribution in [0.4, 0.5) is 5.69 Å². The number of rotatable bonds is 19. The van der Waals surface area contributed by atoms with Gasteiger partial charge >= 0.3 is 0 Å². The standard InChI is InChI=1S/C29H46N2O2S/c1-2-3-4-5-6-7-8-9-10-11-12-13-14-18-24-31(26-27-20-16-15-17-21-27)34(32,33)29-23-19-22-28(30)25-29/h15-17,19-23,25H,2-14,18,24,26,30H2,1H3. The summed E-state index contributed by atoms with van der Waals surface area (Å²) in [5.74, 6) is 0. The maximum absolute atomic E-state index is 13.3. The van der Waals surface area contributed by atoms with Gasteiger partial charge in [0.25, 0.3) is 0 Å². The van der Waals surface area contributed by atoms with Gasteiger partial charge < -0.3 is 5.73 Å². The second kappa shape index (κ2) is 16.7. The Morgan fingerprint density at radius 2 is 1.21 bits per heavy atom. The summed E-state index contributed by atoms with van der Waals surface area (Å²) in [4.78, 5) is 0.272. The number of nitrogen functional groups attached to an aromatic ring is 1. The number of anilines is 1. The number of nitrogens with two attached hydrogens (primary N) is 1. The smallest absolute Gasteiger partial charge is 0.243 e. The van der Waals surface area contributed by atoms with E-state index in [1.54, 1.807) is 28.6 Å². The molecule has 0 amide bonds. The molecule has 2 rings (SSSR count). The molecule has 0 atom stereocenters. The molecule has 2 aromatic rings. The summed E-state index contributed by atoms with van der Waals surface area (Å²) in [7, 11) is -3.59. The predicted octanol–water partition coefficient (Wildman–Crippen LogP) is 7.94. The van der Waals surface area contributed by atoms with Crippen molar-refractivity contribution >= 4 is 15.7 Å². The van der Waals surface area contributed by atoms with Crippen molar-refractivity contribution in [3.8, 4) is 0 Å². The van der Waals surface area contributed by atoms with E-state index in [-0.39, 0.29) is 4.90 Å². The Morgan fingerprint density at radius 3 is 1.74 bits per heavy atom. The highest BCUT2D eigenvalue weighted by molar-refractivity contribution is 7.89. The lowest BCUT2D eigenvalue weighted by Crippen LogP contribution is -2.31. The summed E-state index contributed by atoms with van der Waals surface area (Å²) in [6.07, 6.45) is 18.0. The van der Waals surface area contributed by atoms with Gasteiger partial charge in [0.15, 0.2) is 0 Å². The van der Waals surface area contributed by atoms with E-state index in [1.807, 2.05) is 30.3 Å². The Morgan fingerprint density at radius 1 is 0.676 bits per heavy atom. The first-order valence-electron chi connectivity index (χ1n) is 13.4. The van der Waals surface area contributed by atoms with Gasteiger partial charge in [-0.1, -0.05) is 127 Å². The van der Waals surface area contributed by atoms with Crippen LogP contribution in [0.25, 0.3) is 0 Å². The third-order valence-electron chi connectivity index (χ3n) is 6.46. The van der Waals surface area contributed by atoms with Gasteiger partial charge in [-0.2, -0.15) is 4.31 Å². The van der Waals surface area contributed by atoms with Crippen molar-refractivity contribution in [3.05, 3.63) is 60.2 Å². The van der Waals surface area contributed by atoms with Gasteiger partial charge in [-0.3, -0.25) is 0 Å². The highest BCUT2D eigenvalue weighted by atomic mass is 32.2. The number of sulfonamides is 1. The summed E-state index contributed by atoms with van der Waals surface area (Å²) in [6, 6.07) is 16.4. The molecule has 0 saturated heterocycles. The SMILES string of the molecule is CCCCCCCCCCCCCCCCN(Cc1ccccc1)S(=O)(=O)c1cccc(N)c1. The summed E-state index contributed by atoms with van der Waals surface area (Å²) in [5.41, 5.74) is 7.33. The molecule has 0 spiro atoms. The van der Waals surface area contributed by atoms with Crippen molar-refractivity contribution in [2.45, 2.75) is 108 Å². The first kappa shape index (κ1) is 28.4. The van der Waals surface area contributed by atoms with Gasteiger partial charge in [0.05, 0.1) is 4.90 Å². The Hall–Kier alpha value is -1.85. The van der Waals surface area contributed by atoms with E-state index in [9.17, 15) is 8.42 Å². The maximum atomic E-state index is 13.3. The normalized spacial score (nSPS) is 11.8. The fourth-order valence-corrected chi connectivity index (χ4v) is 5.90. The van der Waals surface area contributed by atoms with Crippen LogP contribution in [-0.4, -0.2) is 19.3 Å². The molecular formula is C29H46N2O2S. The van der Waals surface area contributed by atoms with Gasteiger partial charge in [0.2, 0.25) is 10.0 Å². The number of hydrogen-bond acceptors (Lipinski definition) is 3. The molecule has 0 aliphatic rings. The van der Waals surface area contributed by atoms with E-state index >= 15 is 0 Å². The minimum atomic E-state index is -3.59. The van der Waals surface area contributed by atoms with Gasteiger partial charge in [-0.05, 0) is 30.2 Å². The molecule has 0 unspecified atom stereocenters. The third-order valence-corrected chi connectivity index (χ3v) is 8.30. The molecule has 0 aromatic heterocycles. The van der Waals surface area contributed by atoms with Crippen molar-refractivity contribution in [1.29, 1.82) is 0 Å². The quantitative estimate of drug-likeness (QED) is 0.162. The lowest BCUT2D eigenvalue weighted by atomic mass is 10.0. The molecule has 0 bridgehead atoms. The molecule has 5 heteroatoms. The van der Waals surface area contributed by atoms with Gasteiger partial charge in [0, 0.05) is 18.8 Å². The molecule has 34 heavy (non-hydrogen) atoms. The van der Waals surface area contributed by atoms with Gasteiger partial charge in [0.1, 0.15) is 0 Å². The highest BCUT2D eigenvalue weighted by Crippen LogP contribution is 2.21. The summed E-state index contributed by atoms with van der Waals surface area (Å²) in [5, 5.41) is 0. The molecule has 2 aromatic carbocycles. The lowest BCUT2D eigenvalue weighted by molar-refractivity contribution is 0.391. The molecule has 0 aliphatic heterocycles. The zero-order valence-corrected chi connectivity index (χ0v) is 22.1. The van der Waals surface area contributed by atoms with Crippen molar-refractivity contribution in [3.63, 3.8) is 0 Å². The zero-order chi connectivity index (χ0) is 24.5. The molecule has 0 saturated carbocycles. The van der Waals surface area contributed by atoms with Crippen LogP contribution >= 0.6 is 0 Å². The van der Waals surface area contributed by atoms with Gasteiger partial charge in [-0.25, -0.2) is 8.42 Å². The van der Waals surface area contributed by atoms with Crippen LogP contribution in [0.2, 0.25) is 0 Å². The Bertz CT molecular complexity index is 884. The van der Waals surface area contributed by atoms with Crippen molar-refractivity contribution < 1.29 is 8.42 Å². The minimum absolute atomic E-state index is 0.272. The fourth-order valence-electron chi connectivity index (χ4n) is 4.38. The molecule has 0 radical (unpaired) electrons. The second-order valence-corrected chi connectivity index (χ2v) is 11.4. The monoisotopic (exact) mass is 486 g/mol. The number of hydrogen-bond donors (Lipinski definition) is 1. The summed E-state index contributed by atoms with van der Waals surface area (Å²) in [6.45, 7) is 3.18.